The Morgan fingerprint density at radius 2 is 1.65 bits per heavy atom. The molecule has 0 aliphatic rings. The van der Waals surface area contributed by atoms with Gasteiger partial charge in [-0.05, 0) is 5.56 Å². The van der Waals surface area contributed by atoms with Gasteiger partial charge in [0.05, 0.1) is 6.54 Å². The molecule has 6 heteroatoms. The first kappa shape index (κ1) is 19.4. The predicted molar refractivity (Wildman–Crippen MR) is 98.2 cm³/mol. The quantitative estimate of drug-likeness (QED) is 0.424. The number of hydrogen-bond donors (Lipinski definition) is 0. The Bertz CT molecular complexity index is 425. The van der Waals surface area contributed by atoms with E-state index in [9.17, 15) is 4.21 Å². The number of nitrogens with zero attached hydrogens (tertiary/aromatic N) is 3. The topological polar surface area (TPSA) is 35.9 Å². The predicted octanol–water partition coefficient (Wildman–Crippen LogP) is 2.03. The van der Waals surface area contributed by atoms with Crippen LogP contribution >= 0.6 is 24.0 Å². The third-order valence-corrected chi connectivity index (χ3v) is 3.84. The minimum absolute atomic E-state index is 0. The van der Waals surface area contributed by atoms with Crippen LogP contribution in [0.2, 0.25) is 0 Å². The first-order valence-corrected chi connectivity index (χ1v) is 7.77. The largest absolute Gasteiger partial charge is 0.349 e. The van der Waals surface area contributed by atoms with Gasteiger partial charge in [-0.3, -0.25) is 9.20 Å². The zero-order chi connectivity index (χ0) is 14.3. The van der Waals surface area contributed by atoms with Crippen molar-refractivity contribution < 1.29 is 4.21 Å². The number of guanidine groups is 1. The zero-order valence-electron chi connectivity index (χ0n) is 12.6. The van der Waals surface area contributed by atoms with Crippen LogP contribution in [0.25, 0.3) is 0 Å². The number of hydrogen-bond acceptors (Lipinski definition) is 2. The van der Waals surface area contributed by atoms with Crippen molar-refractivity contribution in [2.75, 3.05) is 40.5 Å². The Balaban J connectivity index is 0.00000361. The van der Waals surface area contributed by atoms with E-state index in [4.69, 9.17) is 0 Å². The molecule has 0 fully saturated rings. The molecule has 0 bridgehead atoms. The van der Waals surface area contributed by atoms with Crippen molar-refractivity contribution in [2.45, 2.75) is 5.75 Å². The van der Waals surface area contributed by atoms with Crippen LogP contribution in [-0.2, 0) is 16.6 Å². The molecule has 0 N–H and O–H groups in total. The van der Waals surface area contributed by atoms with Crippen molar-refractivity contribution in [2.24, 2.45) is 4.99 Å². The molecule has 0 aliphatic carbocycles. The molecule has 0 aromatic heterocycles. The molecule has 20 heavy (non-hydrogen) atoms. The van der Waals surface area contributed by atoms with Gasteiger partial charge in [0.15, 0.2) is 5.96 Å². The third kappa shape index (κ3) is 7.23. The summed E-state index contributed by atoms with van der Waals surface area (Å²) in [5.74, 6) is 2.10. The highest BCUT2D eigenvalue weighted by Gasteiger charge is 2.05. The first-order chi connectivity index (χ1) is 9.00. The number of aliphatic imine (C=N–C) groups is 1. The summed E-state index contributed by atoms with van der Waals surface area (Å²) in [4.78, 5) is 8.40. The van der Waals surface area contributed by atoms with Crippen molar-refractivity contribution in [3.8, 4) is 0 Å². The Hall–Kier alpha value is -0.630. The summed E-state index contributed by atoms with van der Waals surface area (Å²) in [5, 5.41) is 0. The maximum Gasteiger partial charge on any atom is 0.195 e. The molecule has 0 aliphatic heterocycles. The molecule has 4 nitrogen and oxygen atoms in total. The summed E-state index contributed by atoms with van der Waals surface area (Å²) in [6.07, 6.45) is 0. The van der Waals surface area contributed by atoms with E-state index in [1.165, 1.54) is 0 Å². The molecule has 0 saturated carbocycles. The van der Waals surface area contributed by atoms with E-state index < -0.39 is 10.8 Å². The molecule has 1 atom stereocenters. The van der Waals surface area contributed by atoms with Gasteiger partial charge in [-0.15, -0.1) is 24.0 Å². The normalized spacial score (nSPS) is 11.2. The zero-order valence-corrected chi connectivity index (χ0v) is 15.7. The minimum atomic E-state index is -0.858. The van der Waals surface area contributed by atoms with E-state index in [0.717, 1.165) is 11.5 Å². The lowest BCUT2D eigenvalue weighted by atomic mass is 10.2. The van der Waals surface area contributed by atoms with Crippen molar-refractivity contribution >= 4 is 40.7 Å². The molecule has 0 spiro atoms. The van der Waals surface area contributed by atoms with Gasteiger partial charge in [-0.2, -0.15) is 0 Å². The van der Waals surface area contributed by atoms with Crippen LogP contribution in [0.1, 0.15) is 5.56 Å². The van der Waals surface area contributed by atoms with Crippen LogP contribution in [0, 0.1) is 0 Å². The second-order valence-electron chi connectivity index (χ2n) is 4.74. The molecular formula is C14H24IN3OS. The molecule has 0 radical (unpaired) electrons. The molecule has 1 aromatic rings. The number of halogens is 1. The molecule has 114 valence electrons. The van der Waals surface area contributed by atoms with Crippen molar-refractivity contribution in [1.82, 2.24) is 9.80 Å². The van der Waals surface area contributed by atoms with E-state index in [1.54, 1.807) is 0 Å². The van der Waals surface area contributed by atoms with Crippen molar-refractivity contribution in [1.29, 1.82) is 0 Å². The number of rotatable bonds is 5. The summed E-state index contributed by atoms with van der Waals surface area (Å²) in [6, 6.07) is 9.93. The van der Waals surface area contributed by atoms with Crippen LogP contribution in [-0.4, -0.2) is 60.5 Å². The molecule has 1 aromatic carbocycles. The molecule has 0 heterocycles. The van der Waals surface area contributed by atoms with Crippen LogP contribution in [0.3, 0.4) is 0 Å². The molecule has 1 rings (SSSR count). The average molecular weight is 409 g/mol. The Morgan fingerprint density at radius 3 is 2.15 bits per heavy atom. The van der Waals surface area contributed by atoms with Crippen molar-refractivity contribution in [3.63, 3.8) is 0 Å². The van der Waals surface area contributed by atoms with Gasteiger partial charge in [0.2, 0.25) is 0 Å². The van der Waals surface area contributed by atoms with Gasteiger partial charge in [-0.1, -0.05) is 30.3 Å². The fraction of sp³-hybridized carbons (Fsp3) is 0.500. The third-order valence-electron chi connectivity index (χ3n) is 2.54. The average Bonchev–Trinajstić information content (AvgIpc) is 2.34. The lowest BCUT2D eigenvalue weighted by Gasteiger charge is -2.22. The van der Waals surface area contributed by atoms with Crippen LogP contribution in [0.5, 0.6) is 0 Å². The SMILES string of the molecule is CN(C)C(=NCCS(=O)Cc1ccccc1)N(C)C.I. The van der Waals surface area contributed by atoms with Gasteiger partial charge in [-0.25, -0.2) is 0 Å². The molecular weight excluding hydrogens is 385 g/mol. The maximum absolute atomic E-state index is 11.9. The lowest BCUT2D eigenvalue weighted by molar-refractivity contribution is 0.480. The highest BCUT2D eigenvalue weighted by atomic mass is 127. The summed E-state index contributed by atoms with van der Waals surface area (Å²) < 4.78 is 11.9. The van der Waals surface area contributed by atoms with Gasteiger partial charge in [0.25, 0.3) is 0 Å². The van der Waals surface area contributed by atoms with Gasteiger partial charge < -0.3 is 9.80 Å². The van der Waals surface area contributed by atoms with Gasteiger partial charge in [0, 0.05) is 50.5 Å². The van der Waals surface area contributed by atoms with Crippen molar-refractivity contribution in [3.05, 3.63) is 35.9 Å². The fourth-order valence-corrected chi connectivity index (χ4v) is 2.77. The lowest BCUT2D eigenvalue weighted by Crippen LogP contribution is -2.35. The molecule has 1 unspecified atom stereocenters. The van der Waals surface area contributed by atoms with E-state index >= 15 is 0 Å². The Morgan fingerprint density at radius 1 is 1.10 bits per heavy atom. The minimum Gasteiger partial charge on any atom is -0.349 e. The van der Waals surface area contributed by atoms with E-state index in [-0.39, 0.29) is 24.0 Å². The highest BCUT2D eigenvalue weighted by molar-refractivity contribution is 14.0. The number of benzene rings is 1. The highest BCUT2D eigenvalue weighted by Crippen LogP contribution is 2.03. The maximum atomic E-state index is 11.9. The smallest absolute Gasteiger partial charge is 0.195 e. The Labute approximate surface area is 141 Å². The van der Waals surface area contributed by atoms with Crippen LogP contribution in [0.15, 0.2) is 35.3 Å². The molecule has 0 amide bonds. The second-order valence-corrected chi connectivity index (χ2v) is 6.32. The fourth-order valence-electron chi connectivity index (χ4n) is 1.76. The summed E-state index contributed by atoms with van der Waals surface area (Å²) in [5.41, 5.74) is 1.12. The summed E-state index contributed by atoms with van der Waals surface area (Å²) in [6.45, 7) is 0.588. The van der Waals surface area contributed by atoms with E-state index in [2.05, 4.69) is 4.99 Å². The first-order valence-electron chi connectivity index (χ1n) is 6.28. The second kappa shape index (κ2) is 10.1. The monoisotopic (exact) mass is 409 g/mol. The standard InChI is InChI=1S/C14H23N3OS.HI/c1-16(2)14(17(3)4)15-10-11-19(18)12-13-8-6-5-7-9-13;/h5-9H,10-12H2,1-4H3;1H. The van der Waals surface area contributed by atoms with Crippen LogP contribution in [0.4, 0.5) is 0 Å². The summed E-state index contributed by atoms with van der Waals surface area (Å²) in [7, 11) is 6.97. The van der Waals surface area contributed by atoms with E-state index in [1.807, 2.05) is 68.3 Å². The van der Waals surface area contributed by atoms with Crippen LogP contribution < -0.4 is 0 Å². The Kier molecular flexibility index (Phi) is 9.83. The van der Waals surface area contributed by atoms with Gasteiger partial charge >= 0.3 is 0 Å². The van der Waals surface area contributed by atoms with E-state index in [0.29, 0.717) is 18.1 Å². The summed E-state index contributed by atoms with van der Waals surface area (Å²) >= 11 is 0. The van der Waals surface area contributed by atoms with Gasteiger partial charge in [0.1, 0.15) is 0 Å². The molecule has 0 saturated heterocycles.